The molecule has 0 fully saturated rings. The van der Waals surface area contributed by atoms with Crippen molar-refractivity contribution in [2.75, 3.05) is 31.4 Å². The SMILES string of the molecule is COc1ccc(OC)c([C@H]2SCC(=O)N(CC(=O)NC(C)C)c3c2c(-c2ccc(Cl)cc2)nn3-c2ccc(C)cc2)c1. The topological polar surface area (TPSA) is 85.7 Å². The Hall–Kier alpha value is -3.95. The number of anilines is 1. The maximum Gasteiger partial charge on any atom is 0.240 e. The average Bonchev–Trinajstić information content (AvgIpc) is 3.29. The van der Waals surface area contributed by atoms with Gasteiger partial charge in [0.15, 0.2) is 0 Å². The highest BCUT2D eigenvalue weighted by Crippen LogP contribution is 2.51. The number of thioether (sulfide) groups is 1. The maximum absolute atomic E-state index is 13.9. The number of carbonyl (C=O) groups is 2. The van der Waals surface area contributed by atoms with E-state index in [-0.39, 0.29) is 35.4 Å². The van der Waals surface area contributed by atoms with Gasteiger partial charge >= 0.3 is 0 Å². The summed E-state index contributed by atoms with van der Waals surface area (Å²) in [5, 5.41) is 8.28. The Balaban J connectivity index is 1.84. The molecule has 0 radical (unpaired) electrons. The zero-order valence-electron chi connectivity index (χ0n) is 24.2. The van der Waals surface area contributed by atoms with E-state index in [9.17, 15) is 9.59 Å². The predicted octanol–water partition coefficient (Wildman–Crippen LogP) is 6.21. The second kappa shape index (κ2) is 12.5. The molecule has 1 atom stereocenters. The van der Waals surface area contributed by atoms with Crippen LogP contribution in [0.25, 0.3) is 16.9 Å². The van der Waals surface area contributed by atoms with Gasteiger partial charge in [-0.05, 0) is 63.2 Å². The molecule has 10 heteroatoms. The van der Waals surface area contributed by atoms with Gasteiger partial charge in [-0.15, -0.1) is 11.8 Å². The molecule has 3 aromatic carbocycles. The average molecular weight is 605 g/mol. The van der Waals surface area contributed by atoms with E-state index in [1.165, 1.54) is 11.8 Å². The Labute approximate surface area is 255 Å². The number of fused-ring (bicyclic) bond motifs is 1. The Morgan fingerprint density at radius 3 is 2.43 bits per heavy atom. The van der Waals surface area contributed by atoms with E-state index in [0.29, 0.717) is 28.0 Å². The van der Waals surface area contributed by atoms with Gasteiger partial charge in [-0.3, -0.25) is 14.5 Å². The summed E-state index contributed by atoms with van der Waals surface area (Å²) in [5.74, 6) is 1.55. The monoisotopic (exact) mass is 604 g/mol. The first-order valence-electron chi connectivity index (χ1n) is 13.6. The smallest absolute Gasteiger partial charge is 0.240 e. The largest absolute Gasteiger partial charge is 0.497 e. The number of carbonyl (C=O) groups excluding carboxylic acids is 2. The van der Waals surface area contributed by atoms with E-state index in [1.807, 2.05) is 87.5 Å². The lowest BCUT2D eigenvalue weighted by atomic mass is 9.98. The number of hydrogen-bond acceptors (Lipinski definition) is 6. The number of halogens is 1. The molecule has 1 N–H and O–H groups in total. The van der Waals surface area contributed by atoms with Gasteiger partial charge in [0.05, 0.1) is 36.6 Å². The number of ether oxygens (including phenoxy) is 2. The lowest BCUT2D eigenvalue weighted by Crippen LogP contribution is -2.44. The summed E-state index contributed by atoms with van der Waals surface area (Å²) >= 11 is 7.73. The second-order valence-corrected chi connectivity index (χ2v) is 11.9. The van der Waals surface area contributed by atoms with Gasteiger partial charge in [0, 0.05) is 27.8 Å². The highest BCUT2D eigenvalue weighted by Gasteiger charge is 2.39. The van der Waals surface area contributed by atoms with E-state index in [2.05, 4.69) is 5.32 Å². The zero-order valence-corrected chi connectivity index (χ0v) is 25.8. The lowest BCUT2D eigenvalue weighted by Gasteiger charge is -2.24. The molecule has 1 aromatic heterocycles. The first-order valence-corrected chi connectivity index (χ1v) is 15.0. The van der Waals surface area contributed by atoms with Gasteiger partial charge in [-0.25, -0.2) is 4.68 Å². The van der Waals surface area contributed by atoms with E-state index in [1.54, 1.807) is 23.8 Å². The molecule has 42 heavy (non-hydrogen) atoms. The summed E-state index contributed by atoms with van der Waals surface area (Å²) in [6.45, 7) is 5.65. The molecule has 0 saturated heterocycles. The Morgan fingerprint density at radius 1 is 1.07 bits per heavy atom. The van der Waals surface area contributed by atoms with Crippen LogP contribution in [0.3, 0.4) is 0 Å². The standard InChI is InChI=1S/C32H33ClN4O4S/c1-19(2)34-27(38)17-36-28(39)18-42-31(25-16-24(40-4)14-15-26(25)41-5)29-30(21-8-10-22(33)11-9-21)35-37(32(29)36)23-12-6-20(3)7-13-23/h6-16,19,31H,17-18H2,1-5H3,(H,34,38)/t31-/m1/s1. The van der Waals surface area contributed by atoms with Crippen LogP contribution < -0.4 is 19.7 Å². The van der Waals surface area contributed by atoms with Gasteiger partial charge in [-0.1, -0.05) is 41.4 Å². The summed E-state index contributed by atoms with van der Waals surface area (Å²) < 4.78 is 13.2. The first-order chi connectivity index (χ1) is 20.2. The number of rotatable bonds is 8. The minimum absolute atomic E-state index is 0.0751. The van der Waals surface area contributed by atoms with Crippen LogP contribution in [-0.2, 0) is 9.59 Å². The summed E-state index contributed by atoms with van der Waals surface area (Å²) in [5.41, 5.74) is 4.99. The molecule has 4 aromatic rings. The number of nitrogens with zero attached hydrogens (tertiary/aromatic N) is 3. The van der Waals surface area contributed by atoms with Crippen molar-refractivity contribution in [3.8, 4) is 28.4 Å². The third-order valence-corrected chi connectivity index (χ3v) is 8.44. The number of aryl methyl sites for hydroxylation is 1. The molecule has 0 bridgehead atoms. The van der Waals surface area contributed by atoms with Gasteiger partial charge in [0.25, 0.3) is 0 Å². The summed E-state index contributed by atoms with van der Waals surface area (Å²) in [6, 6.07) is 20.9. The van der Waals surface area contributed by atoms with Crippen LogP contribution in [0.5, 0.6) is 11.5 Å². The molecule has 0 spiro atoms. The van der Waals surface area contributed by atoms with Crippen molar-refractivity contribution in [3.05, 3.63) is 88.4 Å². The van der Waals surface area contributed by atoms with Gasteiger partial charge in [-0.2, -0.15) is 5.10 Å². The number of aromatic nitrogens is 2. The quantitative estimate of drug-likeness (QED) is 0.257. The van der Waals surface area contributed by atoms with Crippen molar-refractivity contribution in [3.63, 3.8) is 0 Å². The molecule has 1 aliphatic rings. The third kappa shape index (κ3) is 5.98. The van der Waals surface area contributed by atoms with E-state index < -0.39 is 0 Å². The van der Waals surface area contributed by atoms with Gasteiger partial charge < -0.3 is 14.8 Å². The number of benzene rings is 3. The molecule has 5 rings (SSSR count). The van der Waals surface area contributed by atoms with Crippen LogP contribution in [0, 0.1) is 6.92 Å². The van der Waals surface area contributed by atoms with Crippen molar-refractivity contribution in [1.29, 1.82) is 0 Å². The van der Waals surface area contributed by atoms with Crippen LogP contribution >= 0.6 is 23.4 Å². The van der Waals surface area contributed by atoms with Crippen molar-refractivity contribution in [2.24, 2.45) is 0 Å². The van der Waals surface area contributed by atoms with Crippen molar-refractivity contribution in [1.82, 2.24) is 15.1 Å². The first kappa shape index (κ1) is 29.5. The zero-order chi connectivity index (χ0) is 30.0. The molecule has 2 heterocycles. The van der Waals surface area contributed by atoms with Gasteiger partial charge in [0.1, 0.15) is 23.9 Å². The molecule has 1 aliphatic heterocycles. The minimum atomic E-state index is -0.378. The van der Waals surface area contributed by atoms with Crippen LogP contribution in [-0.4, -0.2) is 54.2 Å². The normalized spacial score (nSPS) is 14.9. The highest BCUT2D eigenvalue weighted by atomic mass is 35.5. The number of methoxy groups -OCH3 is 2. The van der Waals surface area contributed by atoms with Crippen molar-refractivity contribution >= 4 is 41.0 Å². The molecule has 0 aliphatic carbocycles. The molecule has 8 nitrogen and oxygen atoms in total. The fourth-order valence-corrected chi connectivity index (χ4v) is 6.35. The molecular weight excluding hydrogens is 572 g/mol. The second-order valence-electron chi connectivity index (χ2n) is 10.3. The summed E-state index contributed by atoms with van der Waals surface area (Å²) in [7, 11) is 3.24. The van der Waals surface area contributed by atoms with E-state index in [4.69, 9.17) is 26.2 Å². The van der Waals surface area contributed by atoms with Crippen molar-refractivity contribution in [2.45, 2.75) is 32.1 Å². The van der Waals surface area contributed by atoms with Crippen molar-refractivity contribution < 1.29 is 19.1 Å². The van der Waals surface area contributed by atoms with E-state index in [0.717, 1.165) is 27.9 Å². The number of amides is 2. The highest BCUT2D eigenvalue weighted by molar-refractivity contribution is 8.00. The predicted molar refractivity (Wildman–Crippen MR) is 168 cm³/mol. The minimum Gasteiger partial charge on any atom is -0.497 e. The number of nitrogens with one attached hydrogen (secondary N) is 1. The molecule has 0 saturated carbocycles. The Kier molecular flexibility index (Phi) is 8.80. The molecule has 2 amide bonds. The summed E-state index contributed by atoms with van der Waals surface area (Å²) in [4.78, 5) is 28.6. The third-order valence-electron chi connectivity index (χ3n) is 6.96. The molecular formula is C32H33ClN4O4S. The molecule has 0 unspecified atom stereocenters. The van der Waals surface area contributed by atoms with Crippen LogP contribution in [0.2, 0.25) is 5.02 Å². The molecule has 218 valence electrons. The summed E-state index contributed by atoms with van der Waals surface area (Å²) in [6.07, 6.45) is 0. The fraction of sp³-hybridized carbons (Fsp3) is 0.281. The maximum atomic E-state index is 13.9. The van der Waals surface area contributed by atoms with Crippen LogP contribution in [0.1, 0.15) is 35.8 Å². The number of hydrogen-bond donors (Lipinski definition) is 1. The Bertz CT molecular complexity index is 1600. The lowest BCUT2D eigenvalue weighted by molar-refractivity contribution is -0.123. The van der Waals surface area contributed by atoms with Crippen LogP contribution in [0.15, 0.2) is 66.7 Å². The fourth-order valence-electron chi connectivity index (χ4n) is 5.01. The van der Waals surface area contributed by atoms with Crippen LogP contribution in [0.4, 0.5) is 5.82 Å². The Morgan fingerprint density at radius 2 is 1.79 bits per heavy atom. The van der Waals surface area contributed by atoms with Gasteiger partial charge in [0.2, 0.25) is 11.8 Å². The van der Waals surface area contributed by atoms with E-state index >= 15 is 0 Å².